The number of nitrogens with zero attached hydrogens (tertiary/aromatic N) is 3. The fourth-order valence-electron chi connectivity index (χ4n) is 2.26. The first-order valence-corrected chi connectivity index (χ1v) is 6.69. The molecule has 114 valence electrons. The second kappa shape index (κ2) is 6.35. The van der Waals surface area contributed by atoms with Crippen molar-refractivity contribution in [1.29, 1.82) is 0 Å². The molecule has 0 bridgehead atoms. The lowest BCUT2D eigenvalue weighted by molar-refractivity contribution is -0.384. The third kappa shape index (κ3) is 3.57. The number of anilines is 2. The number of hydrogen-bond donors (Lipinski definition) is 3. The van der Waals surface area contributed by atoms with E-state index in [-0.39, 0.29) is 23.2 Å². The van der Waals surface area contributed by atoms with Gasteiger partial charge in [-0.15, -0.1) is 0 Å². The molecule has 0 radical (unpaired) electrons. The van der Waals surface area contributed by atoms with Crippen molar-refractivity contribution in [1.82, 2.24) is 9.88 Å². The smallest absolute Gasteiger partial charge is 0.276 e. The second-order valence-electron chi connectivity index (χ2n) is 4.90. The first kappa shape index (κ1) is 15.0. The Labute approximate surface area is 121 Å². The molecular formula is C12H18N6O3. The van der Waals surface area contributed by atoms with Crippen molar-refractivity contribution in [2.24, 2.45) is 5.84 Å². The minimum absolute atomic E-state index is 0.0388. The van der Waals surface area contributed by atoms with Crippen molar-refractivity contribution in [3.8, 4) is 0 Å². The van der Waals surface area contributed by atoms with Gasteiger partial charge in [-0.05, 0) is 19.8 Å². The summed E-state index contributed by atoms with van der Waals surface area (Å²) in [6.45, 7) is 3.21. The molecule has 1 unspecified atom stereocenters. The van der Waals surface area contributed by atoms with Crippen LogP contribution in [-0.4, -0.2) is 39.8 Å². The Morgan fingerprint density at radius 3 is 2.62 bits per heavy atom. The molecule has 1 aromatic heterocycles. The summed E-state index contributed by atoms with van der Waals surface area (Å²) in [5, 5.41) is 13.7. The van der Waals surface area contributed by atoms with Gasteiger partial charge in [-0.2, -0.15) is 0 Å². The summed E-state index contributed by atoms with van der Waals surface area (Å²) in [6, 6.07) is 1.98. The molecule has 1 saturated heterocycles. The van der Waals surface area contributed by atoms with Gasteiger partial charge in [-0.1, -0.05) is 0 Å². The first-order valence-electron chi connectivity index (χ1n) is 6.69. The van der Waals surface area contributed by atoms with Crippen LogP contribution in [0.2, 0.25) is 0 Å². The number of hydrazine groups is 1. The molecule has 0 aromatic carbocycles. The molecule has 4 N–H and O–H groups in total. The van der Waals surface area contributed by atoms with E-state index in [0.717, 1.165) is 25.9 Å². The Morgan fingerprint density at radius 2 is 2.05 bits per heavy atom. The zero-order valence-electron chi connectivity index (χ0n) is 11.7. The summed E-state index contributed by atoms with van der Waals surface area (Å²) in [6.07, 6.45) is 2.02. The third-order valence-corrected chi connectivity index (χ3v) is 3.32. The molecule has 1 atom stereocenters. The molecule has 9 heteroatoms. The summed E-state index contributed by atoms with van der Waals surface area (Å²) in [5.41, 5.74) is 2.12. The number of aromatic nitrogens is 1. The molecule has 1 fully saturated rings. The molecule has 2 rings (SSSR count). The molecule has 2 heterocycles. The van der Waals surface area contributed by atoms with Gasteiger partial charge < -0.3 is 15.6 Å². The zero-order valence-corrected chi connectivity index (χ0v) is 11.7. The maximum atomic E-state index is 12.2. The van der Waals surface area contributed by atoms with Crippen LogP contribution in [0.3, 0.4) is 0 Å². The van der Waals surface area contributed by atoms with E-state index in [4.69, 9.17) is 5.84 Å². The monoisotopic (exact) mass is 294 g/mol. The Morgan fingerprint density at radius 1 is 1.43 bits per heavy atom. The molecule has 1 aromatic rings. The van der Waals surface area contributed by atoms with Crippen LogP contribution in [0, 0.1) is 10.1 Å². The van der Waals surface area contributed by atoms with Gasteiger partial charge in [0.25, 0.3) is 5.69 Å². The molecule has 1 aliphatic rings. The number of carbonyl (C=O) groups excluding carboxylic acids is 1. The summed E-state index contributed by atoms with van der Waals surface area (Å²) in [5.74, 6) is 5.59. The van der Waals surface area contributed by atoms with E-state index in [0.29, 0.717) is 0 Å². The quantitative estimate of drug-likeness (QED) is 0.414. The second-order valence-corrected chi connectivity index (χ2v) is 4.90. The normalized spacial score (nSPS) is 15.6. The highest BCUT2D eigenvalue weighted by Crippen LogP contribution is 2.21. The number of rotatable bonds is 5. The van der Waals surface area contributed by atoms with Crippen molar-refractivity contribution < 1.29 is 9.72 Å². The summed E-state index contributed by atoms with van der Waals surface area (Å²) >= 11 is 0. The van der Waals surface area contributed by atoms with Crippen LogP contribution in [0.25, 0.3) is 0 Å². The van der Waals surface area contributed by atoms with Gasteiger partial charge in [0.15, 0.2) is 0 Å². The van der Waals surface area contributed by atoms with Crippen LogP contribution in [0.15, 0.2) is 12.1 Å². The molecule has 1 amide bonds. The van der Waals surface area contributed by atoms with Crippen LogP contribution in [-0.2, 0) is 4.79 Å². The van der Waals surface area contributed by atoms with Gasteiger partial charge in [0.05, 0.1) is 17.1 Å². The molecule has 21 heavy (non-hydrogen) atoms. The lowest BCUT2D eigenvalue weighted by Gasteiger charge is -2.21. The van der Waals surface area contributed by atoms with Gasteiger partial charge in [0.1, 0.15) is 17.7 Å². The minimum Gasteiger partial charge on any atom is -0.358 e. The highest BCUT2D eigenvalue weighted by atomic mass is 16.6. The third-order valence-electron chi connectivity index (χ3n) is 3.32. The predicted molar refractivity (Wildman–Crippen MR) is 77.6 cm³/mol. The van der Waals surface area contributed by atoms with Gasteiger partial charge >= 0.3 is 0 Å². The number of carbonyl (C=O) groups is 1. The molecule has 1 aliphatic heterocycles. The number of nitrogens with two attached hydrogens (primary N) is 1. The van der Waals surface area contributed by atoms with E-state index in [9.17, 15) is 14.9 Å². The SMILES string of the molecule is CC(Nc1cc([N+](=O)[O-])cc(NN)n1)C(=O)N1CCCC1. The molecule has 0 spiro atoms. The maximum absolute atomic E-state index is 12.2. The van der Waals surface area contributed by atoms with E-state index in [1.54, 1.807) is 11.8 Å². The van der Waals surface area contributed by atoms with E-state index >= 15 is 0 Å². The zero-order chi connectivity index (χ0) is 15.4. The van der Waals surface area contributed by atoms with Crippen LogP contribution < -0.4 is 16.6 Å². The van der Waals surface area contributed by atoms with Crippen molar-refractivity contribution in [2.45, 2.75) is 25.8 Å². The number of nitrogens with one attached hydrogen (secondary N) is 2. The molecule has 0 aliphatic carbocycles. The van der Waals surface area contributed by atoms with E-state index in [2.05, 4.69) is 15.7 Å². The largest absolute Gasteiger partial charge is 0.358 e. The minimum atomic E-state index is -0.541. The fourth-order valence-corrected chi connectivity index (χ4v) is 2.26. The van der Waals surface area contributed by atoms with Gasteiger partial charge in [0, 0.05) is 13.1 Å². The van der Waals surface area contributed by atoms with Crippen molar-refractivity contribution >= 4 is 23.2 Å². The average molecular weight is 294 g/mol. The topological polar surface area (TPSA) is 126 Å². The van der Waals surface area contributed by atoms with Crippen molar-refractivity contribution in [3.05, 3.63) is 22.2 Å². The van der Waals surface area contributed by atoms with Gasteiger partial charge in [-0.25, -0.2) is 10.8 Å². The van der Waals surface area contributed by atoms with E-state index < -0.39 is 11.0 Å². The maximum Gasteiger partial charge on any atom is 0.276 e. The number of nitrogen functional groups attached to an aromatic ring is 1. The standard InChI is InChI=1S/C12H18N6O3/c1-8(12(19)17-4-2-3-5-17)14-10-6-9(18(20)21)7-11(15-10)16-13/h6-8H,2-5,13H2,1H3,(H2,14,15,16). The number of hydrogen-bond acceptors (Lipinski definition) is 7. The van der Waals surface area contributed by atoms with Crippen molar-refractivity contribution in [2.75, 3.05) is 23.8 Å². The Bertz CT molecular complexity index is 544. The van der Waals surface area contributed by atoms with Crippen LogP contribution in [0.5, 0.6) is 0 Å². The van der Waals surface area contributed by atoms with Crippen LogP contribution in [0.4, 0.5) is 17.3 Å². The molecular weight excluding hydrogens is 276 g/mol. The number of amides is 1. The number of likely N-dealkylation sites (tertiary alicyclic amines) is 1. The predicted octanol–water partition coefficient (Wildman–Crippen LogP) is 0.698. The van der Waals surface area contributed by atoms with Crippen LogP contribution >= 0.6 is 0 Å². The van der Waals surface area contributed by atoms with E-state index in [1.165, 1.54) is 12.1 Å². The Balaban J connectivity index is 2.12. The Hall–Kier alpha value is -2.42. The van der Waals surface area contributed by atoms with Gasteiger partial charge in [0.2, 0.25) is 5.91 Å². The fraction of sp³-hybridized carbons (Fsp3) is 0.500. The lowest BCUT2D eigenvalue weighted by Crippen LogP contribution is -2.39. The summed E-state index contributed by atoms with van der Waals surface area (Å²) in [4.78, 5) is 28.3. The highest BCUT2D eigenvalue weighted by Gasteiger charge is 2.24. The summed E-state index contributed by atoms with van der Waals surface area (Å²) < 4.78 is 0. The average Bonchev–Trinajstić information content (AvgIpc) is 3.00. The van der Waals surface area contributed by atoms with Crippen molar-refractivity contribution in [3.63, 3.8) is 0 Å². The Kier molecular flexibility index (Phi) is 4.53. The van der Waals surface area contributed by atoms with E-state index in [1.807, 2.05) is 0 Å². The summed E-state index contributed by atoms with van der Waals surface area (Å²) in [7, 11) is 0. The molecule has 9 nitrogen and oxygen atoms in total. The first-order chi connectivity index (χ1) is 10.0. The van der Waals surface area contributed by atoms with Crippen LogP contribution in [0.1, 0.15) is 19.8 Å². The highest BCUT2D eigenvalue weighted by molar-refractivity contribution is 5.84. The number of nitro groups is 1. The molecule has 0 saturated carbocycles. The van der Waals surface area contributed by atoms with Gasteiger partial charge in [-0.3, -0.25) is 14.9 Å². The number of pyridine rings is 1. The lowest BCUT2D eigenvalue weighted by atomic mass is 10.2.